The van der Waals surface area contributed by atoms with Crippen LogP contribution in [0.2, 0.25) is 0 Å². The molecule has 0 radical (unpaired) electrons. The van der Waals surface area contributed by atoms with E-state index in [4.69, 9.17) is 4.74 Å². The van der Waals surface area contributed by atoms with E-state index in [9.17, 15) is 9.59 Å². The van der Waals surface area contributed by atoms with Gasteiger partial charge in [-0.15, -0.1) is 0 Å². The minimum Gasteiger partial charge on any atom is -0.381 e. The molecule has 2 aliphatic rings. The Morgan fingerprint density at radius 3 is 2.86 bits per heavy atom. The number of hydrogen-bond acceptors (Lipinski definition) is 3. The van der Waals surface area contributed by atoms with Crippen molar-refractivity contribution in [2.75, 3.05) is 26.3 Å². The zero-order valence-electron chi connectivity index (χ0n) is 8.20. The summed E-state index contributed by atoms with van der Waals surface area (Å²) in [6.45, 7) is 2.71. The second-order valence-electron chi connectivity index (χ2n) is 4.05. The fourth-order valence-electron chi connectivity index (χ4n) is 1.99. The summed E-state index contributed by atoms with van der Waals surface area (Å²) in [7, 11) is 0. The van der Waals surface area contributed by atoms with E-state index in [2.05, 4.69) is 0 Å². The summed E-state index contributed by atoms with van der Waals surface area (Å²) in [6, 6.07) is 0. The molecule has 2 heterocycles. The standard InChI is InChI=1S/C10H15NO3/c12-9-5-10(13)11(6-9)3-1-8-2-4-14-7-8/h8H,1-7H2. The van der Waals surface area contributed by atoms with E-state index in [1.54, 1.807) is 4.90 Å². The van der Waals surface area contributed by atoms with Gasteiger partial charge in [0.05, 0.1) is 13.0 Å². The Labute approximate surface area is 83.2 Å². The van der Waals surface area contributed by atoms with Gasteiger partial charge in [-0.1, -0.05) is 0 Å². The molecular formula is C10H15NO3. The van der Waals surface area contributed by atoms with Crippen molar-refractivity contribution in [2.45, 2.75) is 19.3 Å². The Morgan fingerprint density at radius 1 is 1.43 bits per heavy atom. The first kappa shape index (κ1) is 9.65. The van der Waals surface area contributed by atoms with E-state index >= 15 is 0 Å². The van der Waals surface area contributed by atoms with E-state index in [1.165, 1.54) is 0 Å². The molecular weight excluding hydrogens is 182 g/mol. The third kappa shape index (κ3) is 2.12. The first-order valence-electron chi connectivity index (χ1n) is 5.13. The van der Waals surface area contributed by atoms with Crippen molar-refractivity contribution in [1.29, 1.82) is 0 Å². The third-order valence-electron chi connectivity index (χ3n) is 2.90. The summed E-state index contributed by atoms with van der Waals surface area (Å²) in [6.07, 6.45) is 2.18. The molecule has 2 aliphatic heterocycles. The minimum absolute atomic E-state index is 0.00563. The van der Waals surface area contributed by atoms with E-state index in [0.29, 0.717) is 12.5 Å². The predicted octanol–water partition coefficient (Wildman–Crippen LogP) is 0.214. The molecule has 0 aliphatic carbocycles. The normalized spacial score (nSPS) is 27.7. The average Bonchev–Trinajstić information content (AvgIpc) is 2.72. The van der Waals surface area contributed by atoms with Crippen molar-refractivity contribution in [2.24, 2.45) is 5.92 Å². The highest BCUT2D eigenvalue weighted by Gasteiger charge is 2.27. The van der Waals surface area contributed by atoms with Crippen LogP contribution in [0.25, 0.3) is 0 Å². The first-order chi connectivity index (χ1) is 6.75. The smallest absolute Gasteiger partial charge is 0.230 e. The molecule has 4 heteroatoms. The molecule has 0 aromatic rings. The molecule has 1 amide bonds. The SMILES string of the molecule is O=C1CC(=O)N(CCC2CCOC2)C1. The lowest BCUT2D eigenvalue weighted by Gasteiger charge is -2.16. The monoisotopic (exact) mass is 197 g/mol. The van der Waals surface area contributed by atoms with E-state index in [1.807, 2.05) is 0 Å². The molecule has 2 saturated heterocycles. The third-order valence-corrected chi connectivity index (χ3v) is 2.90. The maximum atomic E-state index is 11.3. The minimum atomic E-state index is -0.00563. The van der Waals surface area contributed by atoms with Crippen LogP contribution in [-0.4, -0.2) is 42.9 Å². The van der Waals surface area contributed by atoms with Crippen LogP contribution in [0.5, 0.6) is 0 Å². The number of likely N-dealkylation sites (tertiary alicyclic amines) is 1. The highest BCUT2D eigenvalue weighted by Crippen LogP contribution is 2.18. The van der Waals surface area contributed by atoms with Crippen LogP contribution in [0.3, 0.4) is 0 Å². The van der Waals surface area contributed by atoms with Crippen LogP contribution in [-0.2, 0) is 14.3 Å². The van der Waals surface area contributed by atoms with E-state index in [0.717, 1.165) is 32.6 Å². The molecule has 14 heavy (non-hydrogen) atoms. The lowest BCUT2D eigenvalue weighted by molar-refractivity contribution is -0.128. The number of amides is 1. The first-order valence-corrected chi connectivity index (χ1v) is 5.13. The molecule has 0 aromatic heterocycles. The highest BCUT2D eigenvalue weighted by molar-refractivity contribution is 6.05. The van der Waals surface area contributed by atoms with Gasteiger partial charge in [0.1, 0.15) is 0 Å². The molecule has 2 fully saturated rings. The van der Waals surface area contributed by atoms with Gasteiger partial charge in [0.2, 0.25) is 5.91 Å². The number of rotatable bonds is 3. The molecule has 0 spiro atoms. The number of carbonyl (C=O) groups is 2. The maximum absolute atomic E-state index is 11.3. The lowest BCUT2D eigenvalue weighted by Crippen LogP contribution is -2.27. The van der Waals surface area contributed by atoms with Crippen molar-refractivity contribution in [3.05, 3.63) is 0 Å². The Bertz CT molecular complexity index is 246. The molecule has 0 aromatic carbocycles. The number of ketones is 1. The highest BCUT2D eigenvalue weighted by atomic mass is 16.5. The summed E-state index contributed by atoms with van der Waals surface area (Å²) in [4.78, 5) is 23.9. The van der Waals surface area contributed by atoms with Gasteiger partial charge in [0.25, 0.3) is 0 Å². The van der Waals surface area contributed by atoms with E-state index < -0.39 is 0 Å². The zero-order chi connectivity index (χ0) is 9.97. The molecule has 1 unspecified atom stereocenters. The number of ether oxygens (including phenoxy) is 1. The fraction of sp³-hybridized carbons (Fsp3) is 0.800. The zero-order valence-corrected chi connectivity index (χ0v) is 8.20. The van der Waals surface area contributed by atoms with Gasteiger partial charge in [-0.05, 0) is 18.8 Å². The quantitative estimate of drug-likeness (QED) is 0.608. The summed E-state index contributed by atoms with van der Waals surface area (Å²) in [5, 5.41) is 0. The van der Waals surface area contributed by atoms with Gasteiger partial charge >= 0.3 is 0 Å². The fourth-order valence-corrected chi connectivity index (χ4v) is 1.99. The molecule has 1 atom stereocenters. The number of carbonyl (C=O) groups excluding carboxylic acids is 2. The van der Waals surface area contributed by atoms with Crippen LogP contribution >= 0.6 is 0 Å². The van der Waals surface area contributed by atoms with Gasteiger partial charge in [-0.25, -0.2) is 0 Å². The number of Topliss-reactive ketones (excluding diaryl/α,β-unsaturated/α-hetero) is 1. The molecule has 0 saturated carbocycles. The van der Waals surface area contributed by atoms with Gasteiger partial charge in [-0.2, -0.15) is 0 Å². The lowest BCUT2D eigenvalue weighted by atomic mass is 10.1. The van der Waals surface area contributed by atoms with Gasteiger partial charge in [0, 0.05) is 19.8 Å². The summed E-state index contributed by atoms with van der Waals surface area (Å²) in [5.74, 6) is 0.630. The van der Waals surface area contributed by atoms with Crippen molar-refractivity contribution in [1.82, 2.24) is 4.90 Å². The molecule has 0 bridgehead atoms. The largest absolute Gasteiger partial charge is 0.381 e. The molecule has 2 rings (SSSR count). The van der Waals surface area contributed by atoms with Crippen LogP contribution in [0, 0.1) is 5.92 Å². The van der Waals surface area contributed by atoms with Crippen molar-refractivity contribution in [3.8, 4) is 0 Å². The van der Waals surface area contributed by atoms with Gasteiger partial charge in [-0.3, -0.25) is 9.59 Å². The Hall–Kier alpha value is -0.900. The van der Waals surface area contributed by atoms with E-state index in [-0.39, 0.29) is 18.1 Å². The topological polar surface area (TPSA) is 46.6 Å². The summed E-state index contributed by atoms with van der Waals surface area (Å²) in [5.41, 5.74) is 0. The van der Waals surface area contributed by atoms with Crippen LogP contribution in [0.1, 0.15) is 19.3 Å². The van der Waals surface area contributed by atoms with Crippen molar-refractivity contribution in [3.63, 3.8) is 0 Å². The van der Waals surface area contributed by atoms with Crippen molar-refractivity contribution < 1.29 is 14.3 Å². The molecule has 4 nitrogen and oxygen atoms in total. The van der Waals surface area contributed by atoms with Crippen LogP contribution in [0.4, 0.5) is 0 Å². The molecule has 0 N–H and O–H groups in total. The second-order valence-corrected chi connectivity index (χ2v) is 4.05. The Morgan fingerprint density at radius 2 is 2.29 bits per heavy atom. The summed E-state index contributed by atoms with van der Waals surface area (Å²) >= 11 is 0. The summed E-state index contributed by atoms with van der Waals surface area (Å²) < 4.78 is 5.25. The Balaban J connectivity index is 1.74. The molecule has 78 valence electrons. The number of hydrogen-bond donors (Lipinski definition) is 0. The Kier molecular flexibility index (Phi) is 2.82. The number of nitrogens with zero attached hydrogens (tertiary/aromatic N) is 1. The second kappa shape index (κ2) is 4.09. The average molecular weight is 197 g/mol. The van der Waals surface area contributed by atoms with Gasteiger partial charge < -0.3 is 9.64 Å². The van der Waals surface area contributed by atoms with Crippen LogP contribution in [0.15, 0.2) is 0 Å². The van der Waals surface area contributed by atoms with Crippen molar-refractivity contribution >= 4 is 11.7 Å². The maximum Gasteiger partial charge on any atom is 0.230 e. The van der Waals surface area contributed by atoms with Gasteiger partial charge in [0.15, 0.2) is 5.78 Å². The predicted molar refractivity (Wildman–Crippen MR) is 49.7 cm³/mol. The van der Waals surface area contributed by atoms with Crippen LogP contribution < -0.4 is 0 Å².